The molecule has 94 valence electrons. The van der Waals surface area contributed by atoms with E-state index in [2.05, 4.69) is 26.1 Å². The molecule has 0 bridgehead atoms. The number of nitrogens with one attached hydrogen (secondary N) is 1. The Morgan fingerprint density at radius 1 is 1.47 bits per heavy atom. The standard InChI is InChI=1S/C13H19ClN2O/c1-4-13(2,3)8-16-12(17)9-5-6-10(14)11(15)7-9/h5-7H,4,8,15H2,1-3H3,(H,16,17). The normalized spacial score (nSPS) is 11.3. The zero-order chi connectivity index (χ0) is 13.1. The molecule has 0 spiro atoms. The molecule has 4 heteroatoms. The van der Waals surface area contributed by atoms with Crippen LogP contribution in [0.3, 0.4) is 0 Å². The number of carbonyl (C=O) groups excluding carboxylic acids is 1. The first-order valence-corrected chi connectivity index (χ1v) is 6.07. The zero-order valence-corrected chi connectivity index (χ0v) is 11.3. The summed E-state index contributed by atoms with van der Waals surface area (Å²) in [7, 11) is 0. The molecule has 1 amide bonds. The number of anilines is 1. The molecule has 0 heterocycles. The molecule has 17 heavy (non-hydrogen) atoms. The first-order valence-electron chi connectivity index (χ1n) is 5.69. The number of halogens is 1. The summed E-state index contributed by atoms with van der Waals surface area (Å²) in [5.74, 6) is -0.116. The minimum atomic E-state index is -0.116. The lowest BCUT2D eigenvalue weighted by atomic mass is 9.90. The molecule has 0 saturated carbocycles. The quantitative estimate of drug-likeness (QED) is 0.812. The third-order valence-electron chi connectivity index (χ3n) is 2.94. The molecular formula is C13H19ClN2O. The Balaban J connectivity index is 2.68. The van der Waals surface area contributed by atoms with Crippen LogP contribution >= 0.6 is 11.6 Å². The number of carbonyl (C=O) groups is 1. The van der Waals surface area contributed by atoms with Crippen molar-refractivity contribution in [2.75, 3.05) is 12.3 Å². The van der Waals surface area contributed by atoms with Gasteiger partial charge in [-0.1, -0.05) is 32.4 Å². The van der Waals surface area contributed by atoms with Crippen molar-refractivity contribution < 1.29 is 4.79 Å². The summed E-state index contributed by atoms with van der Waals surface area (Å²) in [6, 6.07) is 4.90. The van der Waals surface area contributed by atoms with Crippen LogP contribution in [-0.2, 0) is 0 Å². The Morgan fingerprint density at radius 3 is 2.65 bits per heavy atom. The van der Waals surface area contributed by atoms with Crippen LogP contribution in [0.15, 0.2) is 18.2 Å². The van der Waals surface area contributed by atoms with E-state index < -0.39 is 0 Å². The minimum absolute atomic E-state index is 0.105. The Morgan fingerprint density at radius 2 is 2.12 bits per heavy atom. The van der Waals surface area contributed by atoms with Crippen LogP contribution in [0.25, 0.3) is 0 Å². The maximum atomic E-state index is 11.9. The summed E-state index contributed by atoms with van der Waals surface area (Å²) in [6.07, 6.45) is 1.01. The van der Waals surface area contributed by atoms with Crippen molar-refractivity contribution in [3.05, 3.63) is 28.8 Å². The van der Waals surface area contributed by atoms with Crippen LogP contribution in [0.5, 0.6) is 0 Å². The summed E-state index contributed by atoms with van der Waals surface area (Å²) in [4.78, 5) is 11.9. The molecule has 0 aromatic heterocycles. The Bertz CT molecular complexity index is 416. The SMILES string of the molecule is CCC(C)(C)CNC(=O)c1ccc(Cl)c(N)c1. The lowest BCUT2D eigenvalue weighted by Crippen LogP contribution is -2.33. The van der Waals surface area contributed by atoms with Gasteiger partial charge < -0.3 is 11.1 Å². The van der Waals surface area contributed by atoms with Gasteiger partial charge in [0.15, 0.2) is 0 Å². The van der Waals surface area contributed by atoms with Gasteiger partial charge in [-0.25, -0.2) is 0 Å². The van der Waals surface area contributed by atoms with E-state index in [0.717, 1.165) is 6.42 Å². The largest absolute Gasteiger partial charge is 0.398 e. The molecule has 1 aromatic rings. The number of hydrogen-bond acceptors (Lipinski definition) is 2. The van der Waals surface area contributed by atoms with E-state index in [0.29, 0.717) is 22.8 Å². The molecule has 0 saturated heterocycles. The molecule has 0 aliphatic carbocycles. The highest BCUT2D eigenvalue weighted by Gasteiger charge is 2.16. The van der Waals surface area contributed by atoms with Gasteiger partial charge in [0.1, 0.15) is 0 Å². The second-order valence-electron chi connectivity index (χ2n) is 4.94. The van der Waals surface area contributed by atoms with Crippen molar-refractivity contribution in [1.82, 2.24) is 5.32 Å². The van der Waals surface area contributed by atoms with Gasteiger partial charge in [-0.15, -0.1) is 0 Å². The monoisotopic (exact) mass is 254 g/mol. The topological polar surface area (TPSA) is 55.1 Å². The van der Waals surface area contributed by atoms with Gasteiger partial charge in [0.25, 0.3) is 5.91 Å². The van der Waals surface area contributed by atoms with Crippen molar-refractivity contribution in [2.45, 2.75) is 27.2 Å². The second kappa shape index (κ2) is 5.41. The fourth-order valence-electron chi connectivity index (χ4n) is 1.23. The van der Waals surface area contributed by atoms with E-state index in [1.54, 1.807) is 18.2 Å². The molecule has 0 aliphatic heterocycles. The summed E-state index contributed by atoms with van der Waals surface area (Å²) >= 11 is 5.80. The van der Waals surface area contributed by atoms with Gasteiger partial charge in [-0.2, -0.15) is 0 Å². The number of hydrogen-bond donors (Lipinski definition) is 2. The van der Waals surface area contributed by atoms with Gasteiger partial charge in [0.05, 0.1) is 10.7 Å². The third kappa shape index (κ3) is 3.93. The van der Waals surface area contributed by atoms with Crippen molar-refractivity contribution in [3.8, 4) is 0 Å². The van der Waals surface area contributed by atoms with Crippen molar-refractivity contribution in [1.29, 1.82) is 0 Å². The zero-order valence-electron chi connectivity index (χ0n) is 10.5. The van der Waals surface area contributed by atoms with E-state index in [1.165, 1.54) is 0 Å². The lowest BCUT2D eigenvalue weighted by molar-refractivity contribution is 0.0936. The van der Waals surface area contributed by atoms with Gasteiger partial charge in [0, 0.05) is 12.1 Å². The highest BCUT2D eigenvalue weighted by Crippen LogP contribution is 2.20. The summed E-state index contributed by atoms with van der Waals surface area (Å²) in [5.41, 5.74) is 6.73. The molecule has 3 N–H and O–H groups in total. The smallest absolute Gasteiger partial charge is 0.251 e. The summed E-state index contributed by atoms with van der Waals surface area (Å²) in [5, 5.41) is 3.37. The third-order valence-corrected chi connectivity index (χ3v) is 3.29. The maximum absolute atomic E-state index is 11.9. The lowest BCUT2D eigenvalue weighted by Gasteiger charge is -2.22. The van der Waals surface area contributed by atoms with Gasteiger partial charge in [-0.3, -0.25) is 4.79 Å². The number of amides is 1. The predicted molar refractivity (Wildman–Crippen MR) is 72.3 cm³/mol. The molecule has 1 aromatic carbocycles. The van der Waals surface area contributed by atoms with Gasteiger partial charge >= 0.3 is 0 Å². The van der Waals surface area contributed by atoms with Crippen LogP contribution in [0, 0.1) is 5.41 Å². The van der Waals surface area contributed by atoms with E-state index in [4.69, 9.17) is 17.3 Å². The van der Waals surface area contributed by atoms with Crippen LogP contribution in [-0.4, -0.2) is 12.5 Å². The molecule has 0 atom stereocenters. The van der Waals surface area contributed by atoms with Crippen LogP contribution in [0.2, 0.25) is 5.02 Å². The number of benzene rings is 1. The Kier molecular flexibility index (Phi) is 4.40. The molecular weight excluding hydrogens is 236 g/mol. The second-order valence-corrected chi connectivity index (χ2v) is 5.34. The highest BCUT2D eigenvalue weighted by molar-refractivity contribution is 6.33. The minimum Gasteiger partial charge on any atom is -0.398 e. The van der Waals surface area contributed by atoms with E-state index >= 15 is 0 Å². The maximum Gasteiger partial charge on any atom is 0.251 e. The van der Waals surface area contributed by atoms with E-state index in [9.17, 15) is 4.79 Å². The highest BCUT2D eigenvalue weighted by atomic mass is 35.5. The first-order chi connectivity index (χ1) is 7.85. The summed E-state index contributed by atoms with van der Waals surface area (Å²) in [6.45, 7) is 6.98. The molecule has 0 aliphatic rings. The Hall–Kier alpha value is -1.22. The number of nitrogen functional groups attached to an aromatic ring is 1. The molecule has 0 radical (unpaired) electrons. The van der Waals surface area contributed by atoms with Crippen LogP contribution < -0.4 is 11.1 Å². The van der Waals surface area contributed by atoms with Crippen LogP contribution in [0.1, 0.15) is 37.6 Å². The van der Waals surface area contributed by atoms with Crippen molar-refractivity contribution in [3.63, 3.8) is 0 Å². The average molecular weight is 255 g/mol. The van der Waals surface area contributed by atoms with E-state index in [1.807, 2.05) is 0 Å². The molecule has 3 nitrogen and oxygen atoms in total. The average Bonchev–Trinajstić information content (AvgIpc) is 2.30. The number of rotatable bonds is 4. The van der Waals surface area contributed by atoms with Gasteiger partial charge in [-0.05, 0) is 30.0 Å². The Labute approximate surface area is 107 Å². The summed E-state index contributed by atoms with van der Waals surface area (Å²) < 4.78 is 0. The number of nitrogens with two attached hydrogens (primary N) is 1. The fourth-order valence-corrected chi connectivity index (χ4v) is 1.35. The molecule has 0 unspecified atom stereocenters. The first kappa shape index (κ1) is 13.8. The van der Waals surface area contributed by atoms with Crippen molar-refractivity contribution >= 4 is 23.2 Å². The fraction of sp³-hybridized carbons (Fsp3) is 0.462. The molecule has 0 fully saturated rings. The predicted octanol–water partition coefficient (Wildman–Crippen LogP) is 3.09. The van der Waals surface area contributed by atoms with Crippen LogP contribution in [0.4, 0.5) is 5.69 Å². The van der Waals surface area contributed by atoms with E-state index in [-0.39, 0.29) is 11.3 Å². The van der Waals surface area contributed by atoms with Gasteiger partial charge in [0.2, 0.25) is 0 Å². The van der Waals surface area contributed by atoms with Crippen molar-refractivity contribution in [2.24, 2.45) is 5.41 Å². The molecule has 1 rings (SSSR count).